The number of aryl methyl sites for hydroxylation is 2. The first kappa shape index (κ1) is 11.8. The molecule has 0 bridgehead atoms. The van der Waals surface area contributed by atoms with Gasteiger partial charge in [0, 0.05) is 18.6 Å². The number of fused-ring (bicyclic) bond motifs is 1. The monoisotopic (exact) mass is 229 g/mol. The Balaban J connectivity index is 2.51. The number of rotatable bonds is 4. The smallest absolute Gasteiger partial charge is 0.128 e. The fraction of sp³-hybridized carbons (Fsp3) is 0.333. The summed E-state index contributed by atoms with van der Waals surface area (Å²) < 4.78 is 7.61. The van der Waals surface area contributed by atoms with Gasteiger partial charge in [-0.1, -0.05) is 11.6 Å². The van der Waals surface area contributed by atoms with E-state index in [-0.39, 0.29) is 0 Å². The van der Waals surface area contributed by atoms with E-state index in [1.54, 1.807) is 7.11 Å². The maximum Gasteiger partial charge on any atom is 0.128 e. The van der Waals surface area contributed by atoms with Gasteiger partial charge < -0.3 is 9.30 Å². The summed E-state index contributed by atoms with van der Waals surface area (Å²) in [6.45, 7) is 6.03. The summed E-state index contributed by atoms with van der Waals surface area (Å²) in [5, 5.41) is 1.23. The van der Waals surface area contributed by atoms with Gasteiger partial charge in [0.1, 0.15) is 5.75 Å². The van der Waals surface area contributed by atoms with Gasteiger partial charge in [-0.05, 0) is 37.5 Å². The zero-order chi connectivity index (χ0) is 12.4. The third kappa shape index (κ3) is 2.21. The Kier molecular flexibility index (Phi) is 3.23. The van der Waals surface area contributed by atoms with Gasteiger partial charge in [0.15, 0.2) is 0 Å². The van der Waals surface area contributed by atoms with E-state index in [0.29, 0.717) is 0 Å². The molecule has 2 rings (SSSR count). The van der Waals surface area contributed by atoms with Crippen molar-refractivity contribution < 1.29 is 4.74 Å². The summed E-state index contributed by atoms with van der Waals surface area (Å²) in [5.41, 5.74) is 3.78. The van der Waals surface area contributed by atoms with Gasteiger partial charge in [0.25, 0.3) is 0 Å². The number of methoxy groups -OCH3 is 1. The summed E-state index contributed by atoms with van der Waals surface area (Å²) >= 11 is 0. The van der Waals surface area contributed by atoms with Crippen LogP contribution in [0.5, 0.6) is 5.75 Å². The van der Waals surface area contributed by atoms with Crippen molar-refractivity contribution in [1.82, 2.24) is 4.57 Å². The van der Waals surface area contributed by atoms with Gasteiger partial charge in [-0.15, -0.1) is 6.58 Å². The van der Waals surface area contributed by atoms with Crippen LogP contribution < -0.4 is 4.74 Å². The lowest BCUT2D eigenvalue weighted by Crippen LogP contribution is -1.88. The van der Waals surface area contributed by atoms with Crippen LogP contribution in [0.15, 0.2) is 36.5 Å². The highest BCUT2D eigenvalue weighted by atomic mass is 16.5. The number of allylic oxidation sites excluding steroid dienone is 1. The molecule has 0 radical (unpaired) electrons. The van der Waals surface area contributed by atoms with E-state index in [2.05, 4.69) is 37.4 Å². The van der Waals surface area contributed by atoms with Gasteiger partial charge in [0.2, 0.25) is 0 Å². The molecule has 1 aromatic carbocycles. The second kappa shape index (κ2) is 4.66. The van der Waals surface area contributed by atoms with E-state index >= 15 is 0 Å². The molecule has 2 nitrogen and oxygen atoms in total. The molecule has 0 spiro atoms. The standard InChI is InChI=1S/C15H19NO/c1-11(2)8-9-12-10-16(3)13-6-5-7-14(17-4)15(12)13/h5-7,10H,1,8-9H2,2-4H3. The fourth-order valence-corrected chi connectivity index (χ4v) is 2.21. The third-order valence-electron chi connectivity index (χ3n) is 3.10. The van der Waals surface area contributed by atoms with Crippen LogP contribution in [0.1, 0.15) is 18.9 Å². The molecular formula is C15H19NO. The van der Waals surface area contributed by atoms with Crippen LogP contribution >= 0.6 is 0 Å². The lowest BCUT2D eigenvalue weighted by Gasteiger charge is -2.05. The van der Waals surface area contributed by atoms with Crippen molar-refractivity contribution in [3.63, 3.8) is 0 Å². The minimum Gasteiger partial charge on any atom is -0.496 e. The molecule has 0 fully saturated rings. The number of hydrogen-bond acceptors (Lipinski definition) is 1. The Morgan fingerprint density at radius 2 is 2.18 bits per heavy atom. The fourth-order valence-electron chi connectivity index (χ4n) is 2.21. The summed E-state index contributed by atoms with van der Waals surface area (Å²) in [6, 6.07) is 6.18. The molecule has 2 heteroatoms. The first-order valence-corrected chi connectivity index (χ1v) is 5.88. The molecule has 0 amide bonds. The second-order valence-electron chi connectivity index (χ2n) is 4.58. The third-order valence-corrected chi connectivity index (χ3v) is 3.10. The molecule has 0 aliphatic rings. The van der Waals surface area contributed by atoms with Crippen molar-refractivity contribution in [2.24, 2.45) is 7.05 Å². The number of nitrogens with zero attached hydrogens (tertiary/aromatic N) is 1. The minimum atomic E-state index is 0.958. The first-order chi connectivity index (χ1) is 8.13. The van der Waals surface area contributed by atoms with Crippen molar-refractivity contribution in [2.75, 3.05) is 7.11 Å². The van der Waals surface area contributed by atoms with Gasteiger partial charge in [-0.3, -0.25) is 0 Å². The molecule has 0 saturated heterocycles. The number of aromatic nitrogens is 1. The summed E-state index contributed by atoms with van der Waals surface area (Å²) in [5.74, 6) is 0.958. The highest BCUT2D eigenvalue weighted by Gasteiger charge is 2.10. The average molecular weight is 229 g/mol. The maximum atomic E-state index is 5.45. The van der Waals surface area contributed by atoms with E-state index in [1.807, 2.05) is 12.1 Å². The zero-order valence-electron chi connectivity index (χ0n) is 10.8. The molecule has 1 aromatic heterocycles. The Bertz CT molecular complexity index is 551. The highest BCUT2D eigenvalue weighted by molar-refractivity contribution is 5.90. The van der Waals surface area contributed by atoms with E-state index < -0.39 is 0 Å². The predicted octanol–water partition coefficient (Wildman–Crippen LogP) is 3.70. The summed E-state index contributed by atoms with van der Waals surface area (Å²) in [7, 11) is 3.80. The van der Waals surface area contributed by atoms with Gasteiger partial charge in [0.05, 0.1) is 12.6 Å². The Morgan fingerprint density at radius 1 is 1.41 bits per heavy atom. The lowest BCUT2D eigenvalue weighted by molar-refractivity contribution is 0.419. The van der Waals surface area contributed by atoms with Crippen LogP contribution in [0.3, 0.4) is 0 Å². The molecule has 0 atom stereocenters. The summed E-state index contributed by atoms with van der Waals surface area (Å²) in [4.78, 5) is 0. The van der Waals surface area contributed by atoms with Crippen molar-refractivity contribution in [2.45, 2.75) is 19.8 Å². The average Bonchev–Trinajstić information content (AvgIpc) is 2.64. The molecular weight excluding hydrogens is 210 g/mol. The number of hydrogen-bond donors (Lipinski definition) is 0. The van der Waals surface area contributed by atoms with Gasteiger partial charge in [-0.2, -0.15) is 0 Å². The van der Waals surface area contributed by atoms with Crippen LogP contribution in [-0.2, 0) is 13.5 Å². The van der Waals surface area contributed by atoms with Gasteiger partial charge in [-0.25, -0.2) is 0 Å². The van der Waals surface area contributed by atoms with Crippen LogP contribution in [0.2, 0.25) is 0 Å². The Hall–Kier alpha value is -1.70. The van der Waals surface area contributed by atoms with Crippen molar-refractivity contribution in [1.29, 1.82) is 0 Å². The van der Waals surface area contributed by atoms with Crippen molar-refractivity contribution >= 4 is 10.9 Å². The molecule has 0 saturated carbocycles. The molecule has 2 aromatic rings. The first-order valence-electron chi connectivity index (χ1n) is 5.88. The van der Waals surface area contributed by atoms with Crippen LogP contribution in [0, 0.1) is 0 Å². The van der Waals surface area contributed by atoms with E-state index in [9.17, 15) is 0 Å². The quantitative estimate of drug-likeness (QED) is 0.729. The molecule has 1 heterocycles. The predicted molar refractivity (Wildman–Crippen MR) is 72.6 cm³/mol. The second-order valence-corrected chi connectivity index (χ2v) is 4.58. The topological polar surface area (TPSA) is 14.2 Å². The van der Waals surface area contributed by atoms with Crippen LogP contribution in [0.4, 0.5) is 0 Å². The SMILES string of the molecule is C=C(C)CCc1cn(C)c2cccc(OC)c12. The van der Waals surface area contributed by atoms with Gasteiger partial charge >= 0.3 is 0 Å². The van der Waals surface area contributed by atoms with Crippen LogP contribution in [-0.4, -0.2) is 11.7 Å². The normalized spacial score (nSPS) is 10.8. The van der Waals surface area contributed by atoms with E-state index in [0.717, 1.165) is 18.6 Å². The van der Waals surface area contributed by atoms with Crippen molar-refractivity contribution in [3.8, 4) is 5.75 Å². The molecule has 0 aliphatic heterocycles. The molecule has 90 valence electrons. The number of benzene rings is 1. The zero-order valence-corrected chi connectivity index (χ0v) is 10.8. The lowest BCUT2D eigenvalue weighted by atomic mass is 10.1. The Morgan fingerprint density at radius 3 is 2.82 bits per heavy atom. The minimum absolute atomic E-state index is 0.958. The molecule has 17 heavy (non-hydrogen) atoms. The van der Waals surface area contributed by atoms with Crippen LogP contribution in [0.25, 0.3) is 10.9 Å². The van der Waals surface area contributed by atoms with Crippen molar-refractivity contribution in [3.05, 3.63) is 42.1 Å². The summed E-state index contributed by atoms with van der Waals surface area (Å²) in [6.07, 6.45) is 4.24. The number of ether oxygens (including phenoxy) is 1. The highest BCUT2D eigenvalue weighted by Crippen LogP contribution is 2.31. The largest absolute Gasteiger partial charge is 0.496 e. The molecule has 0 unspecified atom stereocenters. The maximum absolute atomic E-state index is 5.45. The van der Waals surface area contributed by atoms with E-state index in [4.69, 9.17) is 4.74 Å². The molecule has 0 N–H and O–H groups in total. The Labute approximate surface area is 103 Å². The van der Waals surface area contributed by atoms with E-state index in [1.165, 1.54) is 22.0 Å². The molecule has 0 aliphatic carbocycles.